The van der Waals surface area contributed by atoms with E-state index in [0.29, 0.717) is 5.92 Å². The van der Waals surface area contributed by atoms with Gasteiger partial charge in [0.1, 0.15) is 0 Å². The van der Waals surface area contributed by atoms with Crippen LogP contribution in [0.3, 0.4) is 0 Å². The first-order valence-corrected chi connectivity index (χ1v) is 10.4. The number of guanidine groups is 1. The number of hydrogen-bond acceptors (Lipinski definition) is 4. The fourth-order valence-corrected chi connectivity index (χ4v) is 3.51. The smallest absolute Gasteiger partial charge is 0.191 e. The van der Waals surface area contributed by atoms with Crippen molar-refractivity contribution in [2.75, 3.05) is 53.0 Å². The number of ether oxygens (including phenoxy) is 1. The molecule has 1 aliphatic rings. The molecule has 7 heteroatoms. The van der Waals surface area contributed by atoms with Crippen molar-refractivity contribution < 1.29 is 4.74 Å². The molecule has 0 aromatic carbocycles. The van der Waals surface area contributed by atoms with Crippen molar-refractivity contribution in [2.24, 2.45) is 10.9 Å². The number of nitrogens with zero attached hydrogens (tertiary/aromatic N) is 4. The quantitative estimate of drug-likeness (QED) is 0.369. The number of aliphatic imine (C=N–C) groups is 1. The minimum absolute atomic E-state index is 0.689. The largest absolute Gasteiger partial charge is 0.383 e. The van der Waals surface area contributed by atoms with Gasteiger partial charge in [0, 0.05) is 45.5 Å². The highest BCUT2D eigenvalue weighted by atomic mass is 16.5. The maximum Gasteiger partial charge on any atom is 0.191 e. The Hall–Kier alpha value is -1.60. The minimum atomic E-state index is 0.689. The van der Waals surface area contributed by atoms with E-state index in [1.54, 1.807) is 7.11 Å². The van der Waals surface area contributed by atoms with Gasteiger partial charge in [0.2, 0.25) is 0 Å². The van der Waals surface area contributed by atoms with Crippen LogP contribution in [0.4, 0.5) is 0 Å². The Labute approximate surface area is 164 Å². The van der Waals surface area contributed by atoms with Crippen molar-refractivity contribution in [1.82, 2.24) is 25.3 Å². The molecule has 1 aromatic rings. The van der Waals surface area contributed by atoms with Crippen LogP contribution in [-0.2, 0) is 11.3 Å². The Morgan fingerprint density at radius 3 is 2.67 bits per heavy atom. The first-order valence-electron chi connectivity index (χ1n) is 10.4. The van der Waals surface area contributed by atoms with Crippen LogP contribution in [-0.4, -0.2) is 73.6 Å². The zero-order valence-corrected chi connectivity index (χ0v) is 17.6. The molecule has 0 saturated carbocycles. The van der Waals surface area contributed by atoms with Gasteiger partial charge < -0.3 is 20.3 Å². The molecule has 2 heterocycles. The monoisotopic (exact) mass is 378 g/mol. The highest BCUT2D eigenvalue weighted by molar-refractivity contribution is 5.79. The third-order valence-corrected chi connectivity index (χ3v) is 5.11. The molecular formula is C20H38N6O. The number of methoxy groups -OCH3 is 1. The summed E-state index contributed by atoms with van der Waals surface area (Å²) in [5.41, 5.74) is 2.31. The van der Waals surface area contributed by atoms with E-state index in [9.17, 15) is 0 Å². The van der Waals surface area contributed by atoms with E-state index in [-0.39, 0.29) is 0 Å². The fraction of sp³-hybridized carbons (Fsp3) is 0.800. The van der Waals surface area contributed by atoms with Crippen LogP contribution in [0.2, 0.25) is 0 Å². The Morgan fingerprint density at radius 2 is 2.04 bits per heavy atom. The minimum Gasteiger partial charge on any atom is -0.383 e. The number of hydrogen-bond donors (Lipinski definition) is 2. The third-order valence-electron chi connectivity index (χ3n) is 5.11. The molecule has 1 aromatic heterocycles. The average Bonchev–Trinajstić information content (AvgIpc) is 2.99. The van der Waals surface area contributed by atoms with E-state index in [1.807, 2.05) is 6.92 Å². The Bertz CT molecular complexity index is 563. The van der Waals surface area contributed by atoms with Gasteiger partial charge in [-0.25, -0.2) is 0 Å². The highest BCUT2D eigenvalue weighted by Crippen LogP contribution is 2.17. The first-order chi connectivity index (χ1) is 13.1. The van der Waals surface area contributed by atoms with Crippen LogP contribution < -0.4 is 10.6 Å². The number of piperidine rings is 1. The van der Waals surface area contributed by atoms with E-state index in [0.717, 1.165) is 70.5 Å². The molecule has 0 bridgehead atoms. The van der Waals surface area contributed by atoms with Crippen LogP contribution in [0, 0.1) is 19.8 Å². The second kappa shape index (κ2) is 12.0. The molecule has 1 aliphatic heterocycles. The summed E-state index contributed by atoms with van der Waals surface area (Å²) >= 11 is 0. The molecular weight excluding hydrogens is 340 g/mol. The van der Waals surface area contributed by atoms with E-state index in [2.05, 4.69) is 45.2 Å². The van der Waals surface area contributed by atoms with Crippen LogP contribution >= 0.6 is 0 Å². The maximum atomic E-state index is 5.17. The van der Waals surface area contributed by atoms with Crippen LogP contribution in [0.25, 0.3) is 0 Å². The van der Waals surface area contributed by atoms with Gasteiger partial charge in [0.15, 0.2) is 5.96 Å². The molecule has 1 fully saturated rings. The van der Waals surface area contributed by atoms with E-state index in [4.69, 9.17) is 9.73 Å². The SMILES string of the molecule is CCNC(=NCC1CCN(CCOC)CC1)NCCCn1nc(C)cc1C. The second-order valence-corrected chi connectivity index (χ2v) is 7.43. The number of aryl methyl sites for hydroxylation is 3. The number of nitrogens with one attached hydrogen (secondary N) is 2. The molecule has 154 valence electrons. The molecule has 0 amide bonds. The average molecular weight is 379 g/mol. The third kappa shape index (κ3) is 7.89. The number of likely N-dealkylation sites (tertiary alicyclic amines) is 1. The summed E-state index contributed by atoms with van der Waals surface area (Å²) in [5.74, 6) is 1.63. The zero-order chi connectivity index (χ0) is 19.5. The molecule has 0 radical (unpaired) electrons. The summed E-state index contributed by atoms with van der Waals surface area (Å²) < 4.78 is 7.26. The molecule has 7 nitrogen and oxygen atoms in total. The van der Waals surface area contributed by atoms with Crippen molar-refractivity contribution in [2.45, 2.75) is 46.6 Å². The van der Waals surface area contributed by atoms with E-state index >= 15 is 0 Å². The van der Waals surface area contributed by atoms with Crippen LogP contribution in [0.5, 0.6) is 0 Å². The topological polar surface area (TPSA) is 66.7 Å². The number of rotatable bonds is 10. The summed E-state index contributed by atoms with van der Waals surface area (Å²) in [6, 6.07) is 2.12. The lowest BCUT2D eigenvalue weighted by molar-refractivity contribution is 0.121. The summed E-state index contributed by atoms with van der Waals surface area (Å²) in [6.07, 6.45) is 3.49. The predicted molar refractivity (Wildman–Crippen MR) is 111 cm³/mol. The summed E-state index contributed by atoms with van der Waals surface area (Å²) in [6.45, 7) is 14.1. The van der Waals surface area contributed by atoms with Crippen molar-refractivity contribution >= 4 is 5.96 Å². The molecule has 0 spiro atoms. The van der Waals surface area contributed by atoms with E-state index in [1.165, 1.54) is 18.5 Å². The highest BCUT2D eigenvalue weighted by Gasteiger charge is 2.18. The Morgan fingerprint density at radius 1 is 1.26 bits per heavy atom. The normalized spacial score (nSPS) is 16.7. The standard InChI is InChI=1S/C20H38N6O/c1-5-21-20(22-9-6-10-26-18(3)15-17(2)24-26)23-16-19-7-11-25(12-8-19)13-14-27-4/h15,19H,5-14,16H2,1-4H3,(H2,21,22,23). The van der Waals surface area contributed by atoms with Crippen molar-refractivity contribution in [1.29, 1.82) is 0 Å². The predicted octanol–water partition coefficient (Wildman–Crippen LogP) is 1.80. The molecule has 2 rings (SSSR count). The van der Waals surface area contributed by atoms with Crippen molar-refractivity contribution in [3.8, 4) is 0 Å². The van der Waals surface area contributed by atoms with Gasteiger partial charge in [-0.15, -0.1) is 0 Å². The Balaban J connectivity index is 1.68. The van der Waals surface area contributed by atoms with E-state index < -0.39 is 0 Å². The maximum absolute atomic E-state index is 5.17. The van der Waals surface area contributed by atoms with Gasteiger partial charge in [-0.3, -0.25) is 9.67 Å². The molecule has 27 heavy (non-hydrogen) atoms. The van der Waals surface area contributed by atoms with Gasteiger partial charge in [-0.1, -0.05) is 0 Å². The van der Waals surface area contributed by atoms with Crippen LogP contribution in [0.1, 0.15) is 37.6 Å². The van der Waals surface area contributed by atoms with Gasteiger partial charge in [0.05, 0.1) is 12.3 Å². The van der Waals surface area contributed by atoms with Crippen LogP contribution in [0.15, 0.2) is 11.1 Å². The van der Waals surface area contributed by atoms with Gasteiger partial charge in [-0.2, -0.15) is 5.10 Å². The lowest BCUT2D eigenvalue weighted by atomic mass is 9.97. The molecule has 1 saturated heterocycles. The van der Waals surface area contributed by atoms with Gasteiger partial charge in [0.25, 0.3) is 0 Å². The van der Waals surface area contributed by atoms with Gasteiger partial charge in [-0.05, 0) is 65.1 Å². The lowest BCUT2D eigenvalue weighted by Crippen LogP contribution is -2.39. The van der Waals surface area contributed by atoms with Crippen molar-refractivity contribution in [3.63, 3.8) is 0 Å². The fourth-order valence-electron chi connectivity index (χ4n) is 3.51. The Kier molecular flexibility index (Phi) is 9.62. The summed E-state index contributed by atoms with van der Waals surface area (Å²) in [4.78, 5) is 7.31. The first kappa shape index (κ1) is 21.7. The zero-order valence-electron chi connectivity index (χ0n) is 17.6. The molecule has 2 N–H and O–H groups in total. The summed E-state index contributed by atoms with van der Waals surface area (Å²) in [7, 11) is 1.77. The molecule has 0 unspecified atom stereocenters. The second-order valence-electron chi connectivity index (χ2n) is 7.43. The van der Waals surface area contributed by atoms with Gasteiger partial charge >= 0.3 is 0 Å². The summed E-state index contributed by atoms with van der Waals surface area (Å²) in [5, 5.41) is 11.3. The molecule has 0 aliphatic carbocycles. The van der Waals surface area contributed by atoms with Crippen molar-refractivity contribution in [3.05, 3.63) is 17.5 Å². The lowest BCUT2D eigenvalue weighted by Gasteiger charge is -2.31. The number of aromatic nitrogens is 2. The molecule has 0 atom stereocenters.